The first-order chi connectivity index (χ1) is 15.0. The molecule has 160 valence electrons. The van der Waals surface area contributed by atoms with E-state index in [1.165, 1.54) is 6.07 Å². The van der Waals surface area contributed by atoms with Crippen molar-refractivity contribution >= 4 is 33.7 Å². The van der Waals surface area contributed by atoms with Crippen LogP contribution in [0.15, 0.2) is 30.6 Å². The van der Waals surface area contributed by atoms with Gasteiger partial charge in [-0.1, -0.05) is 0 Å². The van der Waals surface area contributed by atoms with Gasteiger partial charge in [-0.25, -0.2) is 13.8 Å². The fourth-order valence-corrected chi connectivity index (χ4v) is 4.46. The molecule has 0 radical (unpaired) electrons. The Morgan fingerprint density at radius 2 is 1.94 bits per heavy atom. The average Bonchev–Trinajstić information content (AvgIpc) is 3.21. The molecule has 4 heterocycles. The summed E-state index contributed by atoms with van der Waals surface area (Å²) in [6, 6.07) is 5.38. The van der Waals surface area contributed by atoms with Crippen LogP contribution >= 0.6 is 0 Å². The highest BCUT2D eigenvalue weighted by Crippen LogP contribution is 2.53. The summed E-state index contributed by atoms with van der Waals surface area (Å²) >= 11 is 0. The third-order valence-electron chi connectivity index (χ3n) is 6.19. The minimum atomic E-state index is -1.33. The van der Waals surface area contributed by atoms with E-state index in [-0.39, 0.29) is 5.65 Å². The van der Waals surface area contributed by atoms with Gasteiger partial charge < -0.3 is 19.9 Å². The third-order valence-corrected chi connectivity index (χ3v) is 6.19. The topological polar surface area (TPSA) is 73.3 Å². The minimum absolute atomic E-state index is 0.275. The monoisotopic (exact) mass is 423 g/mol. The van der Waals surface area contributed by atoms with Crippen molar-refractivity contribution in [3.05, 3.63) is 47.7 Å². The summed E-state index contributed by atoms with van der Waals surface area (Å²) in [7, 11) is 0. The number of rotatable bonds is 4. The van der Waals surface area contributed by atoms with Gasteiger partial charge >= 0.3 is 0 Å². The second-order valence-corrected chi connectivity index (χ2v) is 8.51. The van der Waals surface area contributed by atoms with E-state index in [9.17, 15) is 4.39 Å². The number of alkyl halides is 1. The molecule has 1 aliphatic carbocycles. The van der Waals surface area contributed by atoms with Gasteiger partial charge in [0.05, 0.1) is 22.3 Å². The van der Waals surface area contributed by atoms with E-state index < -0.39 is 11.5 Å². The molecule has 1 saturated heterocycles. The molecule has 3 N–H and O–H groups in total. The maximum atomic E-state index is 15.4. The van der Waals surface area contributed by atoms with Crippen LogP contribution in [0.5, 0.6) is 0 Å². The predicted octanol–water partition coefficient (Wildman–Crippen LogP) is 3.77. The maximum Gasteiger partial charge on any atom is 0.173 e. The van der Waals surface area contributed by atoms with Crippen LogP contribution in [0, 0.1) is 12.7 Å². The number of hydrogen-bond donors (Lipinski definition) is 3. The molecule has 0 bridgehead atoms. The van der Waals surface area contributed by atoms with Crippen LogP contribution in [-0.4, -0.2) is 45.8 Å². The lowest BCUT2D eigenvalue weighted by molar-refractivity contribution is 0.320. The molecule has 3 aromatic heterocycles. The average molecular weight is 423 g/mol. The lowest BCUT2D eigenvalue weighted by Crippen LogP contribution is -2.43. The Labute approximate surface area is 177 Å². The van der Waals surface area contributed by atoms with Crippen LogP contribution in [0.2, 0.25) is 0 Å². The Bertz CT molecular complexity index is 1300. The zero-order chi connectivity index (χ0) is 21.2. The van der Waals surface area contributed by atoms with Crippen LogP contribution in [0.3, 0.4) is 0 Å². The van der Waals surface area contributed by atoms with Crippen LogP contribution < -0.4 is 15.5 Å². The largest absolute Gasteiger partial charge is 0.369 e. The number of aromatic nitrogens is 4. The number of benzene rings is 1. The summed E-state index contributed by atoms with van der Waals surface area (Å²) in [4.78, 5) is 6.46. The fourth-order valence-electron chi connectivity index (χ4n) is 4.46. The lowest BCUT2D eigenvalue weighted by Gasteiger charge is -2.30. The van der Waals surface area contributed by atoms with Crippen molar-refractivity contribution < 1.29 is 8.78 Å². The highest BCUT2D eigenvalue weighted by Gasteiger charge is 2.47. The molecule has 0 atom stereocenters. The van der Waals surface area contributed by atoms with Crippen LogP contribution in [0.1, 0.15) is 24.1 Å². The van der Waals surface area contributed by atoms with Crippen molar-refractivity contribution in [1.29, 1.82) is 0 Å². The van der Waals surface area contributed by atoms with Gasteiger partial charge in [0, 0.05) is 55.9 Å². The number of fused-ring (bicyclic) bond motifs is 2. The Hall–Kier alpha value is -3.20. The summed E-state index contributed by atoms with van der Waals surface area (Å²) in [5.41, 5.74) is 2.63. The van der Waals surface area contributed by atoms with Gasteiger partial charge in [0.25, 0.3) is 0 Å². The molecular formula is C22H23F2N7. The fraction of sp³-hybridized carbons (Fsp3) is 0.364. The standard InChI is InChI=1S/C22H23F2N7/c1-13-11-31-12-14(8-17(23)21(31)26-13)27-20-19-16(22(24)2-3-22)9-15(10-18(19)28-29-20)30-6-4-25-5-7-30/h8-12,25H,2-7H2,1H3,(H2,27,28,29). The van der Waals surface area contributed by atoms with Gasteiger partial charge in [-0.15, -0.1) is 0 Å². The molecule has 1 saturated carbocycles. The lowest BCUT2D eigenvalue weighted by atomic mass is 10.0. The minimum Gasteiger partial charge on any atom is -0.369 e. The van der Waals surface area contributed by atoms with Gasteiger partial charge in [-0.2, -0.15) is 5.10 Å². The van der Waals surface area contributed by atoms with Gasteiger partial charge in [-0.3, -0.25) is 5.10 Å². The second kappa shape index (κ2) is 6.65. The number of aromatic amines is 1. The van der Waals surface area contributed by atoms with Crippen LogP contribution in [-0.2, 0) is 5.67 Å². The number of piperazine rings is 1. The SMILES string of the molecule is Cc1cn2cc(Nc3n[nH]c4cc(N5CCNCC5)cc(C5(F)CC5)c34)cc(F)c2n1. The number of aryl methyl sites for hydroxylation is 1. The molecule has 7 nitrogen and oxygen atoms in total. The second-order valence-electron chi connectivity index (χ2n) is 8.51. The van der Waals surface area contributed by atoms with E-state index in [2.05, 4.69) is 30.7 Å². The molecule has 31 heavy (non-hydrogen) atoms. The summed E-state index contributed by atoms with van der Waals surface area (Å²) < 4.78 is 31.6. The van der Waals surface area contributed by atoms with E-state index in [0.717, 1.165) is 48.5 Å². The molecule has 6 rings (SSSR count). The number of pyridine rings is 1. The molecule has 2 aliphatic rings. The normalized spacial score (nSPS) is 18.1. The molecule has 0 spiro atoms. The van der Waals surface area contributed by atoms with Crippen molar-refractivity contribution in [1.82, 2.24) is 24.9 Å². The molecule has 1 aromatic carbocycles. The number of anilines is 3. The zero-order valence-electron chi connectivity index (χ0n) is 17.2. The van der Waals surface area contributed by atoms with Gasteiger partial charge in [0.15, 0.2) is 17.3 Å². The summed E-state index contributed by atoms with van der Waals surface area (Å²) in [6.45, 7) is 5.40. The number of hydrogen-bond acceptors (Lipinski definition) is 5. The number of nitrogens with zero attached hydrogens (tertiary/aromatic N) is 4. The summed E-state index contributed by atoms with van der Waals surface area (Å²) in [5, 5.41) is 14.7. The Morgan fingerprint density at radius 3 is 2.71 bits per heavy atom. The Balaban J connectivity index is 1.44. The zero-order valence-corrected chi connectivity index (χ0v) is 17.2. The maximum absolute atomic E-state index is 15.4. The van der Waals surface area contributed by atoms with E-state index >= 15 is 4.39 Å². The first-order valence-electron chi connectivity index (χ1n) is 10.6. The molecule has 4 aromatic rings. The Kier molecular flexibility index (Phi) is 3.98. The van der Waals surface area contributed by atoms with E-state index in [1.54, 1.807) is 16.8 Å². The first-order valence-corrected chi connectivity index (χ1v) is 10.6. The van der Waals surface area contributed by atoms with Crippen molar-refractivity contribution in [2.75, 3.05) is 36.4 Å². The van der Waals surface area contributed by atoms with Crippen LogP contribution in [0.4, 0.5) is 26.0 Å². The molecule has 0 unspecified atom stereocenters. The summed E-state index contributed by atoms with van der Waals surface area (Å²) in [6.07, 6.45) is 4.54. The van der Waals surface area contributed by atoms with Gasteiger partial charge in [0.1, 0.15) is 5.67 Å². The summed E-state index contributed by atoms with van der Waals surface area (Å²) in [5.74, 6) is 0.0692. The molecule has 1 aliphatic heterocycles. The molecular weight excluding hydrogens is 400 g/mol. The quantitative estimate of drug-likeness (QED) is 0.466. The van der Waals surface area contributed by atoms with Gasteiger partial charge in [0.2, 0.25) is 0 Å². The van der Waals surface area contributed by atoms with Crippen molar-refractivity contribution in [3.8, 4) is 0 Å². The van der Waals surface area contributed by atoms with E-state index in [4.69, 9.17) is 0 Å². The number of nitrogens with one attached hydrogen (secondary N) is 3. The number of H-pyrrole nitrogens is 1. The predicted molar refractivity (Wildman–Crippen MR) is 116 cm³/mol. The smallest absolute Gasteiger partial charge is 0.173 e. The number of halogens is 2. The third kappa shape index (κ3) is 3.11. The molecule has 0 amide bonds. The van der Waals surface area contributed by atoms with Crippen molar-refractivity contribution in [2.24, 2.45) is 0 Å². The highest BCUT2D eigenvalue weighted by molar-refractivity contribution is 5.97. The Morgan fingerprint density at radius 1 is 1.13 bits per heavy atom. The van der Waals surface area contributed by atoms with E-state index in [0.29, 0.717) is 29.9 Å². The van der Waals surface area contributed by atoms with Crippen LogP contribution in [0.25, 0.3) is 16.6 Å². The van der Waals surface area contributed by atoms with Crippen molar-refractivity contribution in [3.63, 3.8) is 0 Å². The molecule has 9 heteroatoms. The number of imidazole rings is 1. The highest BCUT2D eigenvalue weighted by atomic mass is 19.1. The van der Waals surface area contributed by atoms with Gasteiger partial charge in [-0.05, 0) is 31.9 Å². The van der Waals surface area contributed by atoms with Crippen molar-refractivity contribution in [2.45, 2.75) is 25.4 Å². The molecule has 2 fully saturated rings. The first kappa shape index (κ1) is 18.6. The van der Waals surface area contributed by atoms with E-state index in [1.807, 2.05) is 19.1 Å².